The summed E-state index contributed by atoms with van der Waals surface area (Å²) in [5.41, 5.74) is 0.0954. The molecule has 1 aliphatic heterocycles. The molecular weight excluding hydrogens is 391 g/mol. The van der Waals surface area contributed by atoms with Gasteiger partial charge in [0.1, 0.15) is 5.82 Å². The first-order chi connectivity index (χ1) is 13.5. The van der Waals surface area contributed by atoms with Crippen LogP contribution >= 0.6 is 0 Å². The van der Waals surface area contributed by atoms with Gasteiger partial charge in [-0.1, -0.05) is 0 Å². The van der Waals surface area contributed by atoms with Crippen molar-refractivity contribution in [1.82, 2.24) is 30.6 Å². The van der Waals surface area contributed by atoms with Crippen LogP contribution in [0.3, 0.4) is 0 Å². The van der Waals surface area contributed by atoms with Crippen LogP contribution in [0.2, 0.25) is 0 Å². The fraction of sp³-hybridized carbons (Fsp3) is 0.267. The molecule has 11 nitrogen and oxygen atoms in total. The average molecular weight is 406 g/mol. The van der Waals surface area contributed by atoms with Crippen molar-refractivity contribution >= 4 is 21.7 Å². The fourth-order valence-electron chi connectivity index (χ4n) is 2.63. The number of aromatic amines is 1. The van der Waals surface area contributed by atoms with Crippen LogP contribution in [0, 0.1) is 5.82 Å². The zero-order chi connectivity index (χ0) is 19.6. The summed E-state index contributed by atoms with van der Waals surface area (Å²) in [4.78, 5) is 10.2. The lowest BCUT2D eigenvalue weighted by atomic mass is 10.2. The van der Waals surface area contributed by atoms with Crippen molar-refractivity contribution in [3.63, 3.8) is 0 Å². The van der Waals surface area contributed by atoms with Crippen LogP contribution in [0.4, 0.5) is 16.0 Å². The molecule has 0 aliphatic carbocycles. The molecule has 0 spiro atoms. The normalized spacial score (nSPS) is 14.8. The number of nitrogens with zero attached hydrogens (tertiary/aromatic N) is 6. The van der Waals surface area contributed by atoms with E-state index >= 15 is 0 Å². The molecule has 0 unspecified atom stereocenters. The Bertz CT molecular complexity index is 1050. The minimum Gasteiger partial charge on any atom is -0.378 e. The Labute approximate surface area is 159 Å². The zero-order valence-corrected chi connectivity index (χ0v) is 15.2. The maximum atomic E-state index is 14.0. The maximum Gasteiger partial charge on any atom is 0.262 e. The number of sulfonamides is 1. The summed E-state index contributed by atoms with van der Waals surface area (Å²) in [6.45, 7) is 2.51. The Hall–Kier alpha value is -3.19. The Balaban J connectivity index is 1.55. The maximum absolute atomic E-state index is 14.0. The summed E-state index contributed by atoms with van der Waals surface area (Å²) in [7, 11) is -4.00. The van der Waals surface area contributed by atoms with Gasteiger partial charge in [-0.2, -0.15) is 5.21 Å². The number of morpholine rings is 1. The number of hydrogen-bond donors (Lipinski definition) is 2. The van der Waals surface area contributed by atoms with Gasteiger partial charge in [0.2, 0.25) is 11.8 Å². The molecule has 3 aromatic rings. The number of H-pyrrole nitrogens is 1. The molecule has 28 heavy (non-hydrogen) atoms. The number of rotatable bonds is 5. The van der Waals surface area contributed by atoms with E-state index in [-0.39, 0.29) is 22.0 Å². The molecular formula is C15H15FN8O3S. The Morgan fingerprint density at radius 3 is 2.61 bits per heavy atom. The standard InChI is InChI=1S/C15H15FN8O3S/c16-13-2-1-11(7-12(13)14-19-22-23-20-14)28(25,26)21-10-8-17-15(18-9-10)24-3-5-27-6-4-24/h1-2,7-9,21H,3-6H2,(H,19,20,22,23). The van der Waals surface area contributed by atoms with E-state index in [0.29, 0.717) is 32.3 Å². The summed E-state index contributed by atoms with van der Waals surface area (Å²) in [6.07, 6.45) is 2.75. The van der Waals surface area contributed by atoms with Gasteiger partial charge >= 0.3 is 0 Å². The van der Waals surface area contributed by atoms with E-state index in [9.17, 15) is 12.8 Å². The van der Waals surface area contributed by atoms with Gasteiger partial charge < -0.3 is 9.64 Å². The second-order valence-electron chi connectivity index (χ2n) is 5.85. The molecule has 4 rings (SSSR count). The van der Waals surface area contributed by atoms with Crippen LogP contribution in [0.25, 0.3) is 11.4 Å². The number of nitrogens with one attached hydrogen (secondary N) is 2. The van der Waals surface area contributed by atoms with Gasteiger partial charge in [0.05, 0.1) is 41.8 Å². The Kier molecular flexibility index (Phi) is 4.83. The predicted molar refractivity (Wildman–Crippen MR) is 95.4 cm³/mol. The fourth-order valence-corrected chi connectivity index (χ4v) is 3.69. The molecule has 0 saturated carbocycles. The monoisotopic (exact) mass is 406 g/mol. The van der Waals surface area contributed by atoms with Gasteiger partial charge in [-0.05, 0) is 23.4 Å². The molecule has 1 saturated heterocycles. The van der Waals surface area contributed by atoms with Gasteiger partial charge in [-0.3, -0.25) is 4.72 Å². The third-order valence-corrected chi connectivity index (χ3v) is 5.40. The number of hydrogen-bond acceptors (Lipinski definition) is 9. The number of halogens is 1. The molecule has 146 valence electrons. The van der Waals surface area contributed by atoms with Gasteiger partial charge in [-0.15, -0.1) is 10.2 Å². The molecule has 2 aromatic heterocycles. The van der Waals surface area contributed by atoms with Crippen LogP contribution in [0.5, 0.6) is 0 Å². The summed E-state index contributed by atoms with van der Waals surface area (Å²) < 4.78 is 46.9. The van der Waals surface area contributed by atoms with E-state index < -0.39 is 15.8 Å². The van der Waals surface area contributed by atoms with Crippen molar-refractivity contribution in [2.24, 2.45) is 0 Å². The van der Waals surface area contributed by atoms with Gasteiger partial charge in [-0.25, -0.2) is 22.8 Å². The molecule has 1 fully saturated rings. The largest absolute Gasteiger partial charge is 0.378 e. The second-order valence-corrected chi connectivity index (χ2v) is 7.54. The predicted octanol–water partition coefficient (Wildman–Crippen LogP) is 0.433. The van der Waals surface area contributed by atoms with Crippen molar-refractivity contribution in [3.8, 4) is 11.4 Å². The molecule has 13 heteroatoms. The van der Waals surface area contributed by atoms with E-state index in [1.165, 1.54) is 12.4 Å². The van der Waals surface area contributed by atoms with Crippen LogP contribution in [0.15, 0.2) is 35.5 Å². The van der Waals surface area contributed by atoms with Crippen molar-refractivity contribution in [2.75, 3.05) is 35.9 Å². The van der Waals surface area contributed by atoms with Crippen molar-refractivity contribution < 1.29 is 17.5 Å². The molecule has 0 bridgehead atoms. The van der Waals surface area contributed by atoms with Crippen molar-refractivity contribution in [2.45, 2.75) is 4.90 Å². The Morgan fingerprint density at radius 2 is 1.93 bits per heavy atom. The minimum atomic E-state index is -4.00. The third kappa shape index (κ3) is 3.75. The van der Waals surface area contributed by atoms with Crippen LogP contribution < -0.4 is 9.62 Å². The molecule has 0 radical (unpaired) electrons. The van der Waals surface area contributed by atoms with E-state index in [1.54, 1.807) is 0 Å². The lowest BCUT2D eigenvalue weighted by Crippen LogP contribution is -2.37. The van der Waals surface area contributed by atoms with Gasteiger partial charge in [0.15, 0.2) is 0 Å². The first kappa shape index (κ1) is 18.2. The average Bonchev–Trinajstić information content (AvgIpc) is 3.24. The number of ether oxygens (including phenoxy) is 1. The van der Waals surface area contributed by atoms with Gasteiger partial charge in [0.25, 0.3) is 10.0 Å². The van der Waals surface area contributed by atoms with Crippen LogP contribution in [0.1, 0.15) is 0 Å². The number of anilines is 2. The molecule has 0 amide bonds. The molecule has 0 atom stereocenters. The lowest BCUT2D eigenvalue weighted by molar-refractivity contribution is 0.122. The Morgan fingerprint density at radius 1 is 1.18 bits per heavy atom. The zero-order valence-electron chi connectivity index (χ0n) is 14.4. The van der Waals surface area contributed by atoms with Gasteiger partial charge in [0, 0.05) is 13.1 Å². The summed E-state index contributed by atoms with van der Waals surface area (Å²) in [5, 5.41) is 12.9. The molecule has 3 heterocycles. The van der Waals surface area contributed by atoms with Crippen molar-refractivity contribution in [1.29, 1.82) is 0 Å². The number of tetrazole rings is 1. The topological polar surface area (TPSA) is 139 Å². The SMILES string of the molecule is O=S(=O)(Nc1cnc(N2CCOCC2)nc1)c1ccc(F)c(-c2nn[nH]n2)c1. The molecule has 1 aliphatic rings. The van der Waals surface area contributed by atoms with Crippen molar-refractivity contribution in [3.05, 3.63) is 36.4 Å². The highest BCUT2D eigenvalue weighted by Gasteiger charge is 2.20. The van der Waals surface area contributed by atoms with Crippen LogP contribution in [-0.2, 0) is 14.8 Å². The second kappa shape index (κ2) is 7.44. The first-order valence-corrected chi connectivity index (χ1v) is 9.72. The smallest absolute Gasteiger partial charge is 0.262 e. The summed E-state index contributed by atoms with van der Waals surface area (Å²) >= 11 is 0. The summed E-state index contributed by atoms with van der Waals surface area (Å²) in [6, 6.07) is 3.30. The highest BCUT2D eigenvalue weighted by molar-refractivity contribution is 7.92. The third-order valence-electron chi connectivity index (χ3n) is 4.02. The molecule has 2 N–H and O–H groups in total. The van der Waals surface area contributed by atoms with Crippen LogP contribution in [-0.4, -0.2) is 65.3 Å². The quantitative estimate of drug-likeness (QED) is 0.617. The first-order valence-electron chi connectivity index (χ1n) is 8.24. The van der Waals surface area contributed by atoms with E-state index in [1.807, 2.05) is 4.90 Å². The number of aromatic nitrogens is 6. The highest BCUT2D eigenvalue weighted by atomic mass is 32.2. The minimum absolute atomic E-state index is 0.0484. The van der Waals surface area contributed by atoms with E-state index in [2.05, 4.69) is 35.3 Å². The van der Waals surface area contributed by atoms with E-state index in [0.717, 1.165) is 18.2 Å². The highest BCUT2D eigenvalue weighted by Crippen LogP contribution is 2.24. The summed E-state index contributed by atoms with van der Waals surface area (Å²) in [5.74, 6) is -0.223. The van der Waals surface area contributed by atoms with E-state index in [4.69, 9.17) is 4.74 Å². The lowest BCUT2D eigenvalue weighted by Gasteiger charge is -2.26. The molecule has 1 aromatic carbocycles. The number of benzene rings is 1.